The molecule has 0 aromatic heterocycles. The highest BCUT2D eigenvalue weighted by atomic mass is 16.2. The molecule has 0 atom stereocenters. The average Bonchev–Trinajstić information content (AvgIpc) is 2.28. The van der Waals surface area contributed by atoms with E-state index in [-0.39, 0.29) is 11.9 Å². The quantitative estimate of drug-likeness (QED) is 0.640. The second kappa shape index (κ2) is 5.53. The summed E-state index contributed by atoms with van der Waals surface area (Å²) in [7, 11) is 0. The van der Waals surface area contributed by atoms with Gasteiger partial charge in [0.05, 0.1) is 0 Å². The third-order valence-electron chi connectivity index (χ3n) is 2.70. The fraction of sp³-hybridized carbons (Fsp3) is 0.357. The molecule has 3 nitrogen and oxygen atoms in total. The Balaban J connectivity index is 3.08. The summed E-state index contributed by atoms with van der Waals surface area (Å²) in [4.78, 5) is 14.1. The molecular weight excluding hydrogens is 212 g/mol. The molecule has 17 heavy (non-hydrogen) atoms. The highest BCUT2D eigenvalue weighted by Crippen LogP contribution is 2.16. The number of aryl methyl sites for hydroxylation is 1. The van der Waals surface area contributed by atoms with Crippen LogP contribution in [0.1, 0.15) is 29.8 Å². The van der Waals surface area contributed by atoms with Gasteiger partial charge in [-0.3, -0.25) is 4.79 Å². The highest BCUT2D eigenvalue weighted by molar-refractivity contribution is 5.96. The first-order valence-electron chi connectivity index (χ1n) is 5.75. The van der Waals surface area contributed by atoms with E-state index in [4.69, 9.17) is 5.73 Å². The van der Waals surface area contributed by atoms with Crippen LogP contribution in [0.5, 0.6) is 0 Å². The summed E-state index contributed by atoms with van der Waals surface area (Å²) >= 11 is 0. The lowest BCUT2D eigenvalue weighted by molar-refractivity contribution is 0.0728. The first-order valence-corrected chi connectivity index (χ1v) is 5.75. The van der Waals surface area contributed by atoms with Gasteiger partial charge in [-0.15, -0.1) is 6.58 Å². The molecule has 0 aliphatic heterocycles. The normalized spacial score (nSPS) is 10.4. The number of benzene rings is 1. The number of anilines is 1. The zero-order valence-corrected chi connectivity index (χ0v) is 10.7. The molecule has 0 aliphatic rings. The van der Waals surface area contributed by atoms with Crippen LogP contribution in [0.3, 0.4) is 0 Å². The van der Waals surface area contributed by atoms with Gasteiger partial charge >= 0.3 is 0 Å². The van der Waals surface area contributed by atoms with E-state index in [1.807, 2.05) is 26.8 Å². The zero-order chi connectivity index (χ0) is 13.0. The molecule has 0 fully saturated rings. The third kappa shape index (κ3) is 3.09. The minimum atomic E-state index is 0.00435. The third-order valence-corrected chi connectivity index (χ3v) is 2.70. The highest BCUT2D eigenvalue weighted by Gasteiger charge is 2.19. The smallest absolute Gasteiger partial charge is 0.254 e. The number of amides is 1. The van der Waals surface area contributed by atoms with Gasteiger partial charge in [0.15, 0.2) is 0 Å². The lowest BCUT2D eigenvalue weighted by atomic mass is 10.1. The lowest BCUT2D eigenvalue weighted by Crippen LogP contribution is -2.37. The van der Waals surface area contributed by atoms with Gasteiger partial charge in [-0.25, -0.2) is 0 Å². The summed E-state index contributed by atoms with van der Waals surface area (Å²) in [5.74, 6) is 0.00435. The summed E-state index contributed by atoms with van der Waals surface area (Å²) < 4.78 is 0. The molecule has 2 N–H and O–H groups in total. The SMILES string of the molecule is C=CCN(C(=O)c1cc(N)ccc1C)C(C)C. The summed E-state index contributed by atoms with van der Waals surface area (Å²) in [6.07, 6.45) is 1.74. The molecule has 0 bridgehead atoms. The molecule has 1 amide bonds. The number of carbonyl (C=O) groups excluding carboxylic acids is 1. The molecule has 1 rings (SSSR count). The Morgan fingerprint density at radius 2 is 2.18 bits per heavy atom. The number of hydrogen-bond acceptors (Lipinski definition) is 2. The Morgan fingerprint density at radius 3 is 2.71 bits per heavy atom. The largest absolute Gasteiger partial charge is 0.399 e. The van der Waals surface area contributed by atoms with Crippen LogP contribution in [-0.4, -0.2) is 23.4 Å². The van der Waals surface area contributed by atoms with Crippen LogP contribution < -0.4 is 5.73 Å². The number of nitrogens with zero attached hydrogens (tertiary/aromatic N) is 1. The van der Waals surface area contributed by atoms with E-state index in [2.05, 4.69) is 6.58 Å². The van der Waals surface area contributed by atoms with Gasteiger partial charge in [0.25, 0.3) is 5.91 Å². The monoisotopic (exact) mass is 232 g/mol. The predicted molar refractivity (Wildman–Crippen MR) is 72.0 cm³/mol. The van der Waals surface area contributed by atoms with E-state index in [1.165, 1.54) is 0 Å². The molecule has 0 unspecified atom stereocenters. The van der Waals surface area contributed by atoms with Crippen molar-refractivity contribution in [3.63, 3.8) is 0 Å². The van der Waals surface area contributed by atoms with Gasteiger partial charge in [-0.05, 0) is 38.5 Å². The van der Waals surface area contributed by atoms with E-state index >= 15 is 0 Å². The Kier molecular flexibility index (Phi) is 4.32. The van der Waals surface area contributed by atoms with Gasteiger partial charge in [0, 0.05) is 23.8 Å². The van der Waals surface area contributed by atoms with E-state index in [0.29, 0.717) is 17.8 Å². The maximum absolute atomic E-state index is 12.4. The molecule has 0 spiro atoms. The van der Waals surface area contributed by atoms with Crippen LogP contribution in [-0.2, 0) is 0 Å². The summed E-state index contributed by atoms with van der Waals surface area (Å²) in [5.41, 5.74) is 7.95. The van der Waals surface area contributed by atoms with Gasteiger partial charge in [-0.2, -0.15) is 0 Å². The maximum atomic E-state index is 12.4. The van der Waals surface area contributed by atoms with Crippen molar-refractivity contribution < 1.29 is 4.79 Å². The van der Waals surface area contributed by atoms with Crippen LogP contribution in [0.4, 0.5) is 5.69 Å². The van der Waals surface area contributed by atoms with Gasteiger partial charge in [-0.1, -0.05) is 12.1 Å². The molecule has 1 aromatic rings. The number of hydrogen-bond donors (Lipinski definition) is 1. The summed E-state index contributed by atoms with van der Waals surface area (Å²) in [6, 6.07) is 5.55. The molecule has 0 radical (unpaired) electrons. The number of carbonyl (C=O) groups is 1. The van der Waals surface area contributed by atoms with Crippen molar-refractivity contribution >= 4 is 11.6 Å². The average molecular weight is 232 g/mol. The van der Waals surface area contributed by atoms with Crippen LogP contribution in [0.2, 0.25) is 0 Å². The van der Waals surface area contributed by atoms with Crippen LogP contribution >= 0.6 is 0 Å². The van der Waals surface area contributed by atoms with Gasteiger partial charge in [0.2, 0.25) is 0 Å². The Morgan fingerprint density at radius 1 is 1.53 bits per heavy atom. The van der Waals surface area contributed by atoms with Crippen molar-refractivity contribution in [2.75, 3.05) is 12.3 Å². The van der Waals surface area contributed by atoms with E-state index in [1.54, 1.807) is 23.1 Å². The van der Waals surface area contributed by atoms with Crippen molar-refractivity contribution in [3.05, 3.63) is 42.0 Å². The molecule has 0 aliphatic carbocycles. The standard InChI is InChI=1S/C14H20N2O/c1-5-8-16(10(2)3)14(17)13-9-12(15)7-6-11(13)4/h5-7,9-10H,1,8,15H2,2-4H3. The Hall–Kier alpha value is -1.77. The number of nitrogens with two attached hydrogens (primary N) is 1. The predicted octanol–water partition coefficient (Wildman–Crippen LogP) is 2.61. The van der Waals surface area contributed by atoms with Crippen molar-refractivity contribution in [1.82, 2.24) is 4.90 Å². The van der Waals surface area contributed by atoms with Crippen molar-refractivity contribution in [1.29, 1.82) is 0 Å². The second-order valence-electron chi connectivity index (χ2n) is 4.41. The van der Waals surface area contributed by atoms with Crippen LogP contribution in [0.15, 0.2) is 30.9 Å². The van der Waals surface area contributed by atoms with Crippen molar-refractivity contribution in [3.8, 4) is 0 Å². The van der Waals surface area contributed by atoms with Crippen LogP contribution in [0, 0.1) is 6.92 Å². The Bertz CT molecular complexity index is 424. The topological polar surface area (TPSA) is 46.3 Å². The van der Waals surface area contributed by atoms with Gasteiger partial charge < -0.3 is 10.6 Å². The van der Waals surface area contributed by atoms with E-state index in [9.17, 15) is 4.79 Å². The summed E-state index contributed by atoms with van der Waals surface area (Å²) in [5, 5.41) is 0. The van der Waals surface area contributed by atoms with Gasteiger partial charge in [0.1, 0.15) is 0 Å². The molecule has 1 aromatic carbocycles. The lowest BCUT2D eigenvalue weighted by Gasteiger charge is -2.26. The second-order valence-corrected chi connectivity index (χ2v) is 4.41. The molecule has 3 heteroatoms. The van der Waals surface area contributed by atoms with Crippen molar-refractivity contribution in [2.24, 2.45) is 0 Å². The fourth-order valence-corrected chi connectivity index (χ4v) is 1.69. The first kappa shape index (κ1) is 13.3. The molecule has 0 heterocycles. The first-order chi connectivity index (χ1) is 7.97. The Labute approximate surface area is 103 Å². The molecule has 0 saturated carbocycles. The molecule has 92 valence electrons. The minimum Gasteiger partial charge on any atom is -0.399 e. The van der Waals surface area contributed by atoms with Crippen molar-refractivity contribution in [2.45, 2.75) is 26.8 Å². The van der Waals surface area contributed by atoms with E-state index in [0.717, 1.165) is 5.56 Å². The summed E-state index contributed by atoms with van der Waals surface area (Å²) in [6.45, 7) is 10.1. The zero-order valence-electron chi connectivity index (χ0n) is 10.7. The number of nitrogen functional groups attached to an aromatic ring is 1. The van der Waals surface area contributed by atoms with E-state index < -0.39 is 0 Å². The van der Waals surface area contributed by atoms with Crippen LogP contribution in [0.25, 0.3) is 0 Å². The number of rotatable bonds is 4. The minimum absolute atomic E-state index is 0.00435. The molecular formula is C14H20N2O. The molecule has 0 saturated heterocycles. The fourth-order valence-electron chi connectivity index (χ4n) is 1.69. The maximum Gasteiger partial charge on any atom is 0.254 e.